The Labute approximate surface area is 280 Å². The predicted octanol–water partition coefficient (Wildman–Crippen LogP) is 7.97. The van der Waals surface area contributed by atoms with Gasteiger partial charge in [-0.1, -0.05) is 0 Å². The van der Waals surface area contributed by atoms with Gasteiger partial charge in [-0.15, -0.1) is 45.3 Å². The molecule has 2 amide bonds. The molecule has 0 saturated carbocycles. The number of carbonyl (C=O) groups is 2. The maximum atomic E-state index is 14.0. The highest BCUT2D eigenvalue weighted by molar-refractivity contribution is 7.23. The van der Waals surface area contributed by atoms with Crippen LogP contribution >= 0.6 is 45.3 Å². The van der Waals surface area contributed by atoms with Crippen LogP contribution in [0.25, 0.3) is 43.1 Å². The Balaban J connectivity index is 1.41. The molecule has 6 heterocycles. The van der Waals surface area contributed by atoms with Crippen molar-refractivity contribution in [3.8, 4) is 43.8 Å². The van der Waals surface area contributed by atoms with E-state index in [1.807, 2.05) is 86.7 Å². The molecule has 222 valence electrons. The van der Waals surface area contributed by atoms with Crippen molar-refractivity contribution in [2.24, 2.45) is 0 Å². The first kappa shape index (κ1) is 30.7. The minimum atomic E-state index is -0.204. The highest BCUT2D eigenvalue weighted by Crippen LogP contribution is 2.50. The second-order valence-corrected chi connectivity index (χ2v) is 14.2. The van der Waals surface area contributed by atoms with E-state index in [2.05, 4.69) is 0 Å². The summed E-state index contributed by atoms with van der Waals surface area (Å²) < 4.78 is 0. The van der Waals surface area contributed by atoms with E-state index >= 15 is 0 Å². The number of hydrogen-bond donors (Lipinski definition) is 0. The zero-order chi connectivity index (χ0) is 32.5. The monoisotopic (exact) mass is 672 g/mol. The average molecular weight is 673 g/mol. The van der Waals surface area contributed by atoms with E-state index in [1.165, 1.54) is 45.3 Å². The molecule has 0 atom stereocenters. The lowest BCUT2D eigenvalue weighted by molar-refractivity contribution is -0.124. The zero-order valence-corrected chi connectivity index (χ0v) is 27.6. The maximum absolute atomic E-state index is 14.0. The summed E-state index contributed by atoms with van der Waals surface area (Å²) in [4.78, 5) is 38.4. The van der Waals surface area contributed by atoms with Gasteiger partial charge in [-0.3, -0.25) is 9.59 Å². The molecule has 12 heteroatoms. The normalized spacial score (nSPS) is 13.8. The largest absolute Gasteiger partial charge is 0.306 e. The first-order chi connectivity index (χ1) is 22.3. The standard InChI is InChI=1S/C34H20N6O2S4/c1-3-39-31(27-11-9-25(45-27)23-7-5-21(43-23)13-19(15-35)16-36)29-30(33(39)41)32(40(4-2)34(29)42)28-12-10-26(46-28)24-8-6-22(44-24)14-20(17-37)18-38/h5-14H,3-4H2,1-2H3. The number of fused-ring (bicyclic) bond motifs is 1. The Morgan fingerprint density at radius 3 is 1.24 bits per heavy atom. The van der Waals surface area contributed by atoms with Gasteiger partial charge in [-0.2, -0.15) is 21.0 Å². The molecule has 0 fully saturated rings. The van der Waals surface area contributed by atoms with Crippen LogP contribution in [0.4, 0.5) is 0 Å². The van der Waals surface area contributed by atoms with E-state index < -0.39 is 0 Å². The molecular formula is C34H20N6O2S4. The van der Waals surface area contributed by atoms with Gasteiger partial charge in [0.1, 0.15) is 35.4 Å². The minimum Gasteiger partial charge on any atom is -0.306 e. The first-order valence-electron chi connectivity index (χ1n) is 13.9. The highest BCUT2D eigenvalue weighted by Gasteiger charge is 2.48. The molecule has 0 unspecified atom stereocenters. The van der Waals surface area contributed by atoms with Crippen LogP contribution in [0.3, 0.4) is 0 Å². The van der Waals surface area contributed by atoms with Crippen molar-refractivity contribution in [3.63, 3.8) is 0 Å². The van der Waals surface area contributed by atoms with Gasteiger partial charge in [0.2, 0.25) is 0 Å². The fourth-order valence-corrected chi connectivity index (χ4v) is 9.51. The Bertz CT molecular complexity index is 2050. The first-order valence-corrected chi connectivity index (χ1v) is 17.2. The van der Waals surface area contributed by atoms with Crippen LogP contribution in [0.2, 0.25) is 0 Å². The molecule has 0 aliphatic carbocycles. The van der Waals surface area contributed by atoms with Gasteiger partial charge in [0.05, 0.1) is 32.3 Å². The number of hydrogen-bond acceptors (Lipinski definition) is 10. The number of nitrogens with zero attached hydrogens (tertiary/aromatic N) is 6. The topological polar surface area (TPSA) is 136 Å². The van der Waals surface area contributed by atoms with E-state index in [-0.39, 0.29) is 23.0 Å². The summed E-state index contributed by atoms with van der Waals surface area (Å²) in [6.07, 6.45) is 3.11. The van der Waals surface area contributed by atoms with Gasteiger partial charge in [0.25, 0.3) is 11.8 Å². The Hall–Kier alpha value is -5.34. The fraction of sp³-hybridized carbons (Fsp3) is 0.118. The van der Waals surface area contributed by atoms with Crippen molar-refractivity contribution in [2.45, 2.75) is 13.8 Å². The molecule has 4 aromatic heterocycles. The third-order valence-corrected chi connectivity index (χ3v) is 11.9. The summed E-state index contributed by atoms with van der Waals surface area (Å²) in [5.41, 5.74) is 2.12. The molecule has 0 spiro atoms. The third kappa shape index (κ3) is 5.20. The van der Waals surface area contributed by atoms with Crippen LogP contribution in [0, 0.1) is 45.3 Å². The molecule has 0 aromatic carbocycles. The zero-order valence-electron chi connectivity index (χ0n) is 24.3. The molecule has 4 aromatic rings. The molecule has 0 N–H and O–H groups in total. The van der Waals surface area contributed by atoms with Crippen LogP contribution < -0.4 is 0 Å². The summed E-state index contributed by atoms with van der Waals surface area (Å²) in [7, 11) is 0. The van der Waals surface area contributed by atoms with Crippen molar-refractivity contribution in [1.82, 2.24) is 9.80 Å². The summed E-state index contributed by atoms with van der Waals surface area (Å²) in [5, 5.41) is 36.4. The van der Waals surface area contributed by atoms with Gasteiger partial charge in [0.15, 0.2) is 0 Å². The second kappa shape index (κ2) is 12.6. The predicted molar refractivity (Wildman–Crippen MR) is 182 cm³/mol. The number of allylic oxidation sites excluding steroid dienone is 2. The molecule has 6 rings (SSSR count). The molecule has 46 heavy (non-hydrogen) atoms. The fourth-order valence-electron chi connectivity index (χ4n) is 5.30. The Morgan fingerprint density at radius 2 is 0.891 bits per heavy atom. The smallest absolute Gasteiger partial charge is 0.261 e. The molecule has 0 saturated heterocycles. The van der Waals surface area contributed by atoms with Crippen LogP contribution in [0.5, 0.6) is 0 Å². The van der Waals surface area contributed by atoms with Gasteiger partial charge in [0, 0.05) is 42.4 Å². The molecule has 0 radical (unpaired) electrons. The lowest BCUT2D eigenvalue weighted by Gasteiger charge is -2.22. The number of likely N-dealkylation sites (N-methyl/N-ethyl adjacent to an activating group) is 2. The van der Waals surface area contributed by atoms with E-state index in [0.717, 1.165) is 39.0 Å². The van der Waals surface area contributed by atoms with Crippen molar-refractivity contribution >= 4 is 80.7 Å². The van der Waals surface area contributed by atoms with Crippen LogP contribution in [0.15, 0.2) is 70.8 Å². The van der Waals surface area contributed by atoms with Crippen molar-refractivity contribution in [2.75, 3.05) is 13.1 Å². The number of rotatable bonds is 8. The van der Waals surface area contributed by atoms with Gasteiger partial charge in [-0.25, -0.2) is 0 Å². The van der Waals surface area contributed by atoms with Crippen LogP contribution in [-0.2, 0) is 9.59 Å². The van der Waals surface area contributed by atoms with E-state index in [0.29, 0.717) is 35.6 Å². The molecule has 2 aliphatic rings. The van der Waals surface area contributed by atoms with Gasteiger partial charge in [-0.05, 0) is 74.5 Å². The minimum absolute atomic E-state index is 0.0329. The van der Waals surface area contributed by atoms with Crippen molar-refractivity contribution in [3.05, 3.63) is 90.3 Å². The molecule has 2 aliphatic heterocycles. The van der Waals surface area contributed by atoms with Crippen molar-refractivity contribution in [1.29, 1.82) is 21.0 Å². The molecule has 0 bridgehead atoms. The van der Waals surface area contributed by atoms with E-state index in [4.69, 9.17) is 21.0 Å². The lowest BCUT2D eigenvalue weighted by Crippen LogP contribution is -2.29. The van der Waals surface area contributed by atoms with E-state index in [9.17, 15) is 9.59 Å². The van der Waals surface area contributed by atoms with Gasteiger partial charge < -0.3 is 9.80 Å². The van der Waals surface area contributed by atoms with Crippen molar-refractivity contribution < 1.29 is 9.59 Å². The highest BCUT2D eigenvalue weighted by atomic mass is 32.1. The second-order valence-electron chi connectivity index (χ2n) is 9.84. The number of amides is 2. The quantitative estimate of drug-likeness (QED) is 0.174. The van der Waals surface area contributed by atoms with E-state index in [1.54, 1.807) is 22.0 Å². The Kier molecular flexibility index (Phi) is 8.39. The van der Waals surface area contributed by atoms with Gasteiger partial charge >= 0.3 is 0 Å². The maximum Gasteiger partial charge on any atom is 0.261 e. The lowest BCUT2D eigenvalue weighted by atomic mass is 10.1. The van der Waals surface area contributed by atoms with Crippen LogP contribution in [-0.4, -0.2) is 34.7 Å². The third-order valence-electron chi connectivity index (χ3n) is 7.29. The Morgan fingerprint density at radius 1 is 0.565 bits per heavy atom. The average Bonchev–Trinajstić information content (AvgIpc) is 3.91. The number of nitriles is 4. The molecular weight excluding hydrogens is 653 g/mol. The summed E-state index contributed by atoms with van der Waals surface area (Å²) in [6, 6.07) is 22.9. The summed E-state index contributed by atoms with van der Waals surface area (Å²) in [5.74, 6) is -0.408. The summed E-state index contributed by atoms with van der Waals surface area (Å²) >= 11 is 5.90. The number of thiophene rings is 4. The van der Waals surface area contributed by atoms with Crippen LogP contribution in [0.1, 0.15) is 33.4 Å². The number of carbonyl (C=O) groups excluding carboxylic acids is 2. The SMILES string of the molecule is CCN1C(=O)C2=C(c3ccc(-c4ccc(C=C(C#N)C#N)s4)s3)N(CC)C(=O)C2=C1c1ccc(-c2ccc(C=C(C#N)C#N)s2)s1. The summed E-state index contributed by atoms with van der Waals surface area (Å²) in [6.45, 7) is 4.59. The molecule has 8 nitrogen and oxygen atoms in total.